The smallest absolute Gasteiger partial charge is 0.232 e. The van der Waals surface area contributed by atoms with Crippen LogP contribution in [0.5, 0.6) is 0 Å². The van der Waals surface area contributed by atoms with E-state index < -0.39 is 16.1 Å². The zero-order valence-electron chi connectivity index (χ0n) is 14.1. The third-order valence-electron chi connectivity index (χ3n) is 3.68. The standard InChI is InChI=1S/C16H28N2O3S/c1-6-22(20,21)18-14-9-7-13(8-10-14)12(2)17-11-15(19)16(3,4)5/h7-10,12,15,17-19H,6,11H2,1-5H3. The van der Waals surface area contributed by atoms with Crippen molar-refractivity contribution in [2.24, 2.45) is 5.41 Å². The molecule has 1 rings (SSSR count). The van der Waals surface area contributed by atoms with Gasteiger partial charge in [0.05, 0.1) is 11.9 Å². The molecule has 0 bridgehead atoms. The number of hydrogen-bond donors (Lipinski definition) is 3. The van der Waals surface area contributed by atoms with Crippen LogP contribution in [0.25, 0.3) is 0 Å². The van der Waals surface area contributed by atoms with Crippen LogP contribution >= 0.6 is 0 Å². The molecule has 0 aromatic heterocycles. The first kappa shape index (κ1) is 18.9. The quantitative estimate of drug-likeness (QED) is 0.718. The fourth-order valence-electron chi connectivity index (χ4n) is 1.80. The highest BCUT2D eigenvalue weighted by Gasteiger charge is 2.22. The van der Waals surface area contributed by atoms with Crippen LogP contribution in [0.1, 0.15) is 46.2 Å². The summed E-state index contributed by atoms with van der Waals surface area (Å²) in [6.45, 7) is 10.1. The van der Waals surface area contributed by atoms with E-state index in [1.807, 2.05) is 39.8 Å². The Morgan fingerprint density at radius 1 is 1.18 bits per heavy atom. The molecule has 1 aromatic rings. The van der Waals surface area contributed by atoms with Gasteiger partial charge in [0.25, 0.3) is 0 Å². The molecule has 0 aliphatic carbocycles. The lowest BCUT2D eigenvalue weighted by molar-refractivity contribution is 0.0609. The van der Waals surface area contributed by atoms with Gasteiger partial charge in [-0.05, 0) is 37.0 Å². The molecule has 0 saturated heterocycles. The Labute approximate surface area is 134 Å². The first-order valence-electron chi connectivity index (χ1n) is 7.57. The molecule has 126 valence electrons. The number of aliphatic hydroxyl groups excluding tert-OH is 1. The lowest BCUT2D eigenvalue weighted by Crippen LogP contribution is -2.37. The summed E-state index contributed by atoms with van der Waals surface area (Å²) in [5.41, 5.74) is 1.45. The van der Waals surface area contributed by atoms with Crippen LogP contribution in [0.3, 0.4) is 0 Å². The number of hydrogen-bond acceptors (Lipinski definition) is 4. The second-order valence-electron chi connectivity index (χ2n) is 6.64. The summed E-state index contributed by atoms with van der Waals surface area (Å²) in [6.07, 6.45) is -0.425. The Morgan fingerprint density at radius 3 is 2.18 bits per heavy atom. The first-order valence-corrected chi connectivity index (χ1v) is 9.22. The summed E-state index contributed by atoms with van der Waals surface area (Å²) in [5, 5.41) is 13.3. The minimum atomic E-state index is -3.24. The number of anilines is 1. The van der Waals surface area contributed by atoms with E-state index in [-0.39, 0.29) is 17.2 Å². The summed E-state index contributed by atoms with van der Waals surface area (Å²) < 4.78 is 25.5. The van der Waals surface area contributed by atoms with E-state index in [9.17, 15) is 13.5 Å². The van der Waals surface area contributed by atoms with Crippen molar-refractivity contribution >= 4 is 15.7 Å². The zero-order valence-corrected chi connectivity index (χ0v) is 14.9. The number of benzene rings is 1. The van der Waals surface area contributed by atoms with Gasteiger partial charge in [0.2, 0.25) is 10.0 Å². The molecule has 0 spiro atoms. The van der Waals surface area contributed by atoms with Crippen molar-refractivity contribution in [2.75, 3.05) is 17.0 Å². The van der Waals surface area contributed by atoms with Crippen LogP contribution in [-0.4, -0.2) is 31.9 Å². The van der Waals surface area contributed by atoms with Crippen LogP contribution < -0.4 is 10.0 Å². The molecule has 2 unspecified atom stereocenters. The maximum atomic E-state index is 11.5. The van der Waals surface area contributed by atoms with Crippen molar-refractivity contribution in [3.8, 4) is 0 Å². The molecule has 0 amide bonds. The van der Waals surface area contributed by atoms with Gasteiger partial charge in [-0.15, -0.1) is 0 Å². The highest BCUT2D eigenvalue weighted by Crippen LogP contribution is 2.20. The molecule has 6 heteroatoms. The zero-order chi connectivity index (χ0) is 17.0. The van der Waals surface area contributed by atoms with Gasteiger partial charge in [0.15, 0.2) is 0 Å². The Hall–Kier alpha value is -1.11. The van der Waals surface area contributed by atoms with Gasteiger partial charge >= 0.3 is 0 Å². The molecule has 0 saturated carbocycles. The molecule has 3 N–H and O–H groups in total. The summed E-state index contributed by atoms with van der Waals surface area (Å²) in [5.74, 6) is 0.0530. The Balaban J connectivity index is 2.63. The van der Waals surface area contributed by atoms with Crippen LogP contribution in [0.4, 0.5) is 5.69 Å². The highest BCUT2D eigenvalue weighted by atomic mass is 32.2. The molecular weight excluding hydrogens is 300 g/mol. The monoisotopic (exact) mass is 328 g/mol. The SMILES string of the molecule is CCS(=O)(=O)Nc1ccc(C(C)NCC(O)C(C)(C)C)cc1. The van der Waals surface area contributed by atoms with Crippen molar-refractivity contribution in [1.82, 2.24) is 5.32 Å². The van der Waals surface area contributed by atoms with Gasteiger partial charge in [-0.1, -0.05) is 32.9 Å². The fraction of sp³-hybridized carbons (Fsp3) is 0.625. The van der Waals surface area contributed by atoms with Crippen LogP contribution in [0.15, 0.2) is 24.3 Å². The summed E-state index contributed by atoms with van der Waals surface area (Å²) in [7, 11) is -3.24. The van der Waals surface area contributed by atoms with E-state index in [0.717, 1.165) is 5.56 Å². The van der Waals surface area contributed by atoms with E-state index in [4.69, 9.17) is 0 Å². The van der Waals surface area contributed by atoms with Gasteiger partial charge in [-0.25, -0.2) is 8.42 Å². The topological polar surface area (TPSA) is 78.4 Å². The molecule has 0 radical (unpaired) electrons. The average molecular weight is 328 g/mol. The highest BCUT2D eigenvalue weighted by molar-refractivity contribution is 7.92. The minimum absolute atomic E-state index is 0.0530. The second-order valence-corrected chi connectivity index (χ2v) is 8.65. The summed E-state index contributed by atoms with van der Waals surface area (Å²) in [6, 6.07) is 7.35. The molecule has 0 fully saturated rings. The molecule has 22 heavy (non-hydrogen) atoms. The second kappa shape index (κ2) is 7.44. The van der Waals surface area contributed by atoms with Crippen LogP contribution in [-0.2, 0) is 10.0 Å². The number of sulfonamides is 1. The number of aliphatic hydroxyl groups is 1. The summed E-state index contributed by atoms with van der Waals surface area (Å²) >= 11 is 0. The van der Waals surface area contributed by atoms with Gasteiger partial charge in [0.1, 0.15) is 0 Å². The molecule has 2 atom stereocenters. The maximum absolute atomic E-state index is 11.5. The van der Waals surface area contributed by atoms with Crippen LogP contribution in [0, 0.1) is 5.41 Å². The largest absolute Gasteiger partial charge is 0.391 e. The number of rotatable bonds is 7. The molecule has 0 heterocycles. The number of nitrogens with one attached hydrogen (secondary N) is 2. The van der Waals surface area contributed by atoms with Gasteiger partial charge in [0, 0.05) is 18.3 Å². The van der Waals surface area contributed by atoms with Crippen molar-refractivity contribution in [2.45, 2.75) is 46.8 Å². The van der Waals surface area contributed by atoms with Gasteiger partial charge in [-0.3, -0.25) is 4.72 Å². The van der Waals surface area contributed by atoms with E-state index in [0.29, 0.717) is 12.2 Å². The first-order chi connectivity index (χ1) is 10.0. The van der Waals surface area contributed by atoms with E-state index in [1.54, 1.807) is 19.1 Å². The third kappa shape index (κ3) is 5.94. The van der Waals surface area contributed by atoms with Crippen molar-refractivity contribution < 1.29 is 13.5 Å². The molecule has 0 aliphatic heterocycles. The van der Waals surface area contributed by atoms with Crippen LogP contribution in [0.2, 0.25) is 0 Å². The van der Waals surface area contributed by atoms with Crippen molar-refractivity contribution in [3.63, 3.8) is 0 Å². The Morgan fingerprint density at radius 2 is 1.73 bits per heavy atom. The fourth-order valence-corrected chi connectivity index (χ4v) is 2.44. The van der Waals surface area contributed by atoms with Gasteiger partial charge in [-0.2, -0.15) is 0 Å². The Bertz CT molecular complexity index is 562. The predicted molar refractivity (Wildman–Crippen MR) is 91.4 cm³/mol. The average Bonchev–Trinajstić information content (AvgIpc) is 2.43. The third-order valence-corrected chi connectivity index (χ3v) is 4.99. The lowest BCUT2D eigenvalue weighted by atomic mass is 9.89. The summed E-state index contributed by atoms with van der Waals surface area (Å²) in [4.78, 5) is 0. The van der Waals surface area contributed by atoms with E-state index in [2.05, 4.69) is 10.0 Å². The van der Waals surface area contributed by atoms with E-state index >= 15 is 0 Å². The normalized spacial score (nSPS) is 15.4. The maximum Gasteiger partial charge on any atom is 0.232 e. The van der Waals surface area contributed by atoms with E-state index in [1.165, 1.54) is 0 Å². The minimum Gasteiger partial charge on any atom is -0.391 e. The molecule has 0 aliphatic rings. The van der Waals surface area contributed by atoms with Crippen molar-refractivity contribution in [3.05, 3.63) is 29.8 Å². The molecule has 5 nitrogen and oxygen atoms in total. The Kier molecular flexibility index (Phi) is 6.40. The van der Waals surface area contributed by atoms with Crippen molar-refractivity contribution in [1.29, 1.82) is 0 Å². The lowest BCUT2D eigenvalue weighted by Gasteiger charge is -2.27. The molecular formula is C16H28N2O3S. The predicted octanol–water partition coefficient (Wildman–Crippen LogP) is 2.51. The molecule has 1 aromatic carbocycles. The van der Waals surface area contributed by atoms with Gasteiger partial charge < -0.3 is 10.4 Å².